The molecule has 0 amide bonds. The van der Waals surface area contributed by atoms with E-state index in [1.165, 1.54) is 11.1 Å². The van der Waals surface area contributed by atoms with E-state index in [2.05, 4.69) is 22.8 Å². The first-order chi connectivity index (χ1) is 13.7. The molecular weight excluding hydrogens is 368 g/mol. The average molecular weight is 391 g/mol. The molecule has 0 bridgehead atoms. The molecule has 0 aromatic heterocycles. The lowest BCUT2D eigenvalue weighted by atomic mass is 9.99. The van der Waals surface area contributed by atoms with E-state index >= 15 is 0 Å². The lowest BCUT2D eigenvalue weighted by Gasteiger charge is -2.20. The number of nitrogens with one attached hydrogen (secondary N) is 2. The molecule has 0 aliphatic carbocycles. The monoisotopic (exact) mass is 390 g/mol. The van der Waals surface area contributed by atoms with Gasteiger partial charge in [0, 0.05) is 35.3 Å². The van der Waals surface area contributed by atoms with Crippen molar-refractivity contribution in [1.29, 1.82) is 0 Å². The highest BCUT2D eigenvalue weighted by Gasteiger charge is 2.18. The smallest absolute Gasteiger partial charge is 0.193 e. The van der Waals surface area contributed by atoms with E-state index in [0.717, 1.165) is 36.6 Å². The van der Waals surface area contributed by atoms with Crippen LogP contribution < -0.4 is 10.6 Å². The van der Waals surface area contributed by atoms with E-state index in [0.29, 0.717) is 11.1 Å². The second-order valence-electron chi connectivity index (χ2n) is 7.12. The predicted octanol–water partition coefficient (Wildman–Crippen LogP) is 4.55. The van der Waals surface area contributed by atoms with Crippen LogP contribution in [0.3, 0.4) is 0 Å². The van der Waals surface area contributed by atoms with E-state index in [9.17, 15) is 4.79 Å². The van der Waals surface area contributed by atoms with Gasteiger partial charge in [0.15, 0.2) is 5.78 Å². The minimum atomic E-state index is 0.0545. The van der Waals surface area contributed by atoms with Crippen molar-refractivity contribution < 1.29 is 4.79 Å². The van der Waals surface area contributed by atoms with Crippen molar-refractivity contribution >= 4 is 17.4 Å². The molecule has 3 aromatic carbocycles. The van der Waals surface area contributed by atoms with E-state index in [-0.39, 0.29) is 11.8 Å². The standard InChI is InChI=1S/C24H23ClN2O/c25-21-10-11-22-20(14-21)12-13-26-16-23(22)27-15-17-6-8-19(9-7-17)24(28)18-4-2-1-3-5-18/h1-11,14,23,26-27H,12-13,15-16H2. The molecule has 4 rings (SSSR count). The Balaban J connectivity index is 1.44. The lowest BCUT2D eigenvalue weighted by Crippen LogP contribution is -2.30. The van der Waals surface area contributed by atoms with E-state index < -0.39 is 0 Å². The van der Waals surface area contributed by atoms with E-state index in [1.54, 1.807) is 0 Å². The van der Waals surface area contributed by atoms with Gasteiger partial charge in [-0.25, -0.2) is 0 Å². The molecule has 0 radical (unpaired) electrons. The van der Waals surface area contributed by atoms with E-state index in [4.69, 9.17) is 11.6 Å². The van der Waals surface area contributed by atoms with Gasteiger partial charge in [-0.15, -0.1) is 0 Å². The molecule has 3 nitrogen and oxygen atoms in total. The second kappa shape index (κ2) is 8.70. The van der Waals surface area contributed by atoms with Gasteiger partial charge in [0.1, 0.15) is 0 Å². The summed E-state index contributed by atoms with van der Waals surface area (Å²) in [6.07, 6.45) is 0.990. The molecule has 2 N–H and O–H groups in total. The topological polar surface area (TPSA) is 41.1 Å². The summed E-state index contributed by atoms with van der Waals surface area (Å²) in [5.74, 6) is 0.0545. The first kappa shape index (κ1) is 18.9. The number of fused-ring (bicyclic) bond motifs is 1. The van der Waals surface area contributed by atoms with Crippen LogP contribution in [0, 0.1) is 0 Å². The molecule has 142 valence electrons. The van der Waals surface area contributed by atoms with Crippen molar-refractivity contribution in [3.8, 4) is 0 Å². The molecule has 0 fully saturated rings. The maximum atomic E-state index is 12.5. The van der Waals surface area contributed by atoms with Crippen LogP contribution in [0.15, 0.2) is 72.8 Å². The molecule has 28 heavy (non-hydrogen) atoms. The van der Waals surface area contributed by atoms with Crippen molar-refractivity contribution in [1.82, 2.24) is 10.6 Å². The van der Waals surface area contributed by atoms with Crippen molar-refractivity contribution in [2.45, 2.75) is 19.0 Å². The average Bonchev–Trinajstić information content (AvgIpc) is 2.94. The van der Waals surface area contributed by atoms with Crippen LogP contribution in [0.2, 0.25) is 5.02 Å². The maximum Gasteiger partial charge on any atom is 0.193 e. The number of benzene rings is 3. The van der Waals surface area contributed by atoms with Crippen LogP contribution in [0.1, 0.15) is 38.7 Å². The summed E-state index contributed by atoms with van der Waals surface area (Å²) >= 11 is 6.17. The highest BCUT2D eigenvalue weighted by molar-refractivity contribution is 6.30. The number of carbonyl (C=O) groups is 1. The van der Waals surface area contributed by atoms with E-state index in [1.807, 2.05) is 60.7 Å². The Morgan fingerprint density at radius 2 is 1.75 bits per heavy atom. The van der Waals surface area contributed by atoms with Crippen LogP contribution in [0.5, 0.6) is 0 Å². The lowest BCUT2D eigenvalue weighted by molar-refractivity contribution is 0.103. The summed E-state index contributed by atoms with van der Waals surface area (Å²) in [7, 11) is 0. The van der Waals surface area contributed by atoms with Crippen LogP contribution in [-0.4, -0.2) is 18.9 Å². The second-order valence-corrected chi connectivity index (χ2v) is 7.56. The largest absolute Gasteiger partial charge is 0.315 e. The van der Waals surface area contributed by atoms with Gasteiger partial charge in [-0.05, 0) is 41.8 Å². The zero-order valence-electron chi connectivity index (χ0n) is 15.6. The minimum absolute atomic E-state index is 0.0545. The summed E-state index contributed by atoms with van der Waals surface area (Å²) in [4.78, 5) is 12.5. The Bertz CT molecular complexity index is 954. The third kappa shape index (κ3) is 4.33. The van der Waals surface area contributed by atoms with Crippen molar-refractivity contribution in [2.24, 2.45) is 0 Å². The maximum absolute atomic E-state index is 12.5. The van der Waals surface area contributed by atoms with Crippen molar-refractivity contribution in [3.05, 3.63) is 106 Å². The Morgan fingerprint density at radius 3 is 2.54 bits per heavy atom. The van der Waals surface area contributed by atoms with Gasteiger partial charge >= 0.3 is 0 Å². The molecule has 0 saturated carbocycles. The Morgan fingerprint density at radius 1 is 1.00 bits per heavy atom. The van der Waals surface area contributed by atoms with Crippen LogP contribution >= 0.6 is 11.6 Å². The van der Waals surface area contributed by atoms with Gasteiger partial charge in [0.05, 0.1) is 0 Å². The first-order valence-corrected chi connectivity index (χ1v) is 9.99. The molecule has 4 heteroatoms. The summed E-state index contributed by atoms with van der Waals surface area (Å²) < 4.78 is 0. The Labute approximate surface area is 170 Å². The molecule has 0 spiro atoms. The normalized spacial score (nSPS) is 16.2. The fraction of sp³-hybridized carbons (Fsp3) is 0.208. The summed E-state index contributed by atoms with van der Waals surface area (Å²) in [6.45, 7) is 2.59. The molecule has 1 heterocycles. The van der Waals surface area contributed by atoms with Crippen LogP contribution in [-0.2, 0) is 13.0 Å². The predicted molar refractivity (Wildman–Crippen MR) is 114 cm³/mol. The number of carbonyl (C=O) groups excluding carboxylic acids is 1. The number of hydrogen-bond acceptors (Lipinski definition) is 3. The molecule has 1 atom stereocenters. The third-order valence-corrected chi connectivity index (χ3v) is 5.44. The summed E-state index contributed by atoms with van der Waals surface area (Å²) in [5, 5.41) is 7.93. The molecule has 1 aliphatic rings. The summed E-state index contributed by atoms with van der Waals surface area (Å²) in [6, 6.07) is 23.6. The Hall–Kier alpha value is -2.46. The van der Waals surface area contributed by atoms with Gasteiger partial charge in [0.25, 0.3) is 0 Å². The van der Waals surface area contributed by atoms with Gasteiger partial charge < -0.3 is 10.6 Å². The third-order valence-electron chi connectivity index (χ3n) is 5.20. The molecule has 1 aliphatic heterocycles. The van der Waals surface area contributed by atoms with Crippen LogP contribution in [0.4, 0.5) is 0 Å². The zero-order chi connectivity index (χ0) is 19.3. The van der Waals surface area contributed by atoms with Crippen LogP contribution in [0.25, 0.3) is 0 Å². The fourth-order valence-corrected chi connectivity index (χ4v) is 3.86. The highest BCUT2D eigenvalue weighted by Crippen LogP contribution is 2.24. The fourth-order valence-electron chi connectivity index (χ4n) is 3.66. The number of halogens is 1. The SMILES string of the molecule is O=C(c1ccccc1)c1ccc(CNC2CNCCc3cc(Cl)ccc32)cc1. The molecule has 3 aromatic rings. The van der Waals surface area contributed by atoms with Gasteiger partial charge in [-0.1, -0.05) is 72.3 Å². The highest BCUT2D eigenvalue weighted by atomic mass is 35.5. The van der Waals surface area contributed by atoms with Gasteiger partial charge in [-0.3, -0.25) is 4.79 Å². The molecule has 0 saturated heterocycles. The zero-order valence-corrected chi connectivity index (χ0v) is 16.4. The first-order valence-electron chi connectivity index (χ1n) is 9.62. The van der Waals surface area contributed by atoms with Crippen molar-refractivity contribution in [2.75, 3.05) is 13.1 Å². The Kier molecular flexibility index (Phi) is 5.87. The van der Waals surface area contributed by atoms with Gasteiger partial charge in [0.2, 0.25) is 0 Å². The van der Waals surface area contributed by atoms with Gasteiger partial charge in [-0.2, -0.15) is 0 Å². The quantitative estimate of drug-likeness (QED) is 0.628. The number of rotatable bonds is 5. The minimum Gasteiger partial charge on any atom is -0.315 e. The molecular formula is C24H23ClN2O. The number of ketones is 1. The number of hydrogen-bond donors (Lipinski definition) is 2. The van der Waals surface area contributed by atoms with Crippen molar-refractivity contribution in [3.63, 3.8) is 0 Å². The summed E-state index contributed by atoms with van der Waals surface area (Å²) in [5.41, 5.74) is 5.20. The molecule has 1 unspecified atom stereocenters.